The molecular formula is C19H25N3O2. The Labute approximate surface area is 142 Å². The molecule has 1 unspecified atom stereocenters. The number of hydrogen-bond acceptors (Lipinski definition) is 3. The van der Waals surface area contributed by atoms with Gasteiger partial charge in [0.1, 0.15) is 6.17 Å². The van der Waals surface area contributed by atoms with Crippen LogP contribution in [0.15, 0.2) is 24.4 Å². The van der Waals surface area contributed by atoms with E-state index in [1.807, 2.05) is 12.1 Å². The molecule has 24 heavy (non-hydrogen) atoms. The molecule has 4 aliphatic carbocycles. The number of aromatic amines is 1. The Morgan fingerprint density at radius 1 is 1.21 bits per heavy atom. The van der Waals surface area contributed by atoms with Gasteiger partial charge in [-0.15, -0.1) is 0 Å². The molecule has 5 rings (SSSR count). The van der Waals surface area contributed by atoms with Crippen molar-refractivity contribution in [3.05, 3.63) is 30.1 Å². The van der Waals surface area contributed by atoms with Crippen LogP contribution in [-0.4, -0.2) is 22.8 Å². The van der Waals surface area contributed by atoms with E-state index in [1.165, 1.54) is 25.3 Å². The van der Waals surface area contributed by atoms with Crippen molar-refractivity contribution in [2.75, 3.05) is 0 Å². The highest BCUT2D eigenvalue weighted by molar-refractivity contribution is 5.97. The lowest BCUT2D eigenvalue weighted by atomic mass is 9.48. The van der Waals surface area contributed by atoms with Crippen molar-refractivity contribution in [2.24, 2.45) is 28.9 Å². The van der Waals surface area contributed by atoms with Crippen molar-refractivity contribution in [1.82, 2.24) is 10.3 Å². The Morgan fingerprint density at radius 2 is 1.83 bits per heavy atom. The third-order valence-corrected chi connectivity index (χ3v) is 6.18. The monoisotopic (exact) mass is 327 g/mol. The summed E-state index contributed by atoms with van der Waals surface area (Å²) < 4.78 is 0. The molecule has 4 bridgehead atoms. The lowest BCUT2D eigenvalue weighted by molar-refractivity contribution is -0.147. The first kappa shape index (κ1) is 15.6. The summed E-state index contributed by atoms with van der Waals surface area (Å²) in [5, 5.41) is 2.66. The molecule has 0 saturated heterocycles. The third-order valence-electron chi connectivity index (χ3n) is 6.18. The minimum Gasteiger partial charge on any atom is -0.362 e. The molecular weight excluding hydrogens is 302 g/mol. The average Bonchev–Trinajstić information content (AvgIpc) is 3.04. The summed E-state index contributed by atoms with van der Waals surface area (Å²) in [6.45, 7) is 0. The predicted octanol–water partition coefficient (Wildman–Crippen LogP) is 2.21. The molecule has 4 N–H and O–H groups in total. The fourth-order valence-electron chi connectivity index (χ4n) is 5.62. The van der Waals surface area contributed by atoms with Gasteiger partial charge in [0.2, 0.25) is 5.91 Å². The summed E-state index contributed by atoms with van der Waals surface area (Å²) >= 11 is 0. The van der Waals surface area contributed by atoms with Gasteiger partial charge in [0, 0.05) is 23.4 Å². The molecule has 5 heteroatoms. The first-order chi connectivity index (χ1) is 11.5. The second-order valence-corrected chi connectivity index (χ2v) is 8.01. The van der Waals surface area contributed by atoms with Crippen LogP contribution in [0.2, 0.25) is 0 Å². The molecule has 0 radical (unpaired) electrons. The van der Waals surface area contributed by atoms with Crippen molar-refractivity contribution in [1.29, 1.82) is 0 Å². The Bertz CT molecular complexity index is 627. The van der Waals surface area contributed by atoms with Gasteiger partial charge in [-0.3, -0.25) is 9.59 Å². The van der Waals surface area contributed by atoms with Crippen LogP contribution in [0.5, 0.6) is 0 Å². The van der Waals surface area contributed by atoms with Gasteiger partial charge in [-0.2, -0.15) is 0 Å². The van der Waals surface area contributed by atoms with Crippen LogP contribution < -0.4 is 11.1 Å². The van der Waals surface area contributed by atoms with Crippen LogP contribution in [0.3, 0.4) is 0 Å². The lowest BCUT2D eigenvalue weighted by Crippen LogP contribution is -2.58. The fraction of sp³-hybridized carbons (Fsp3) is 0.579. The molecule has 0 aromatic carbocycles. The number of nitrogens with one attached hydrogen (secondary N) is 2. The van der Waals surface area contributed by atoms with E-state index in [1.54, 1.807) is 12.3 Å². The maximum Gasteiger partial charge on any atom is 0.245 e. The minimum absolute atomic E-state index is 0.0447. The Morgan fingerprint density at radius 3 is 2.38 bits per heavy atom. The minimum atomic E-state index is -0.901. The van der Waals surface area contributed by atoms with E-state index >= 15 is 0 Å². The van der Waals surface area contributed by atoms with Gasteiger partial charge >= 0.3 is 0 Å². The van der Waals surface area contributed by atoms with E-state index in [9.17, 15) is 9.59 Å². The van der Waals surface area contributed by atoms with Crippen molar-refractivity contribution in [3.8, 4) is 0 Å². The second kappa shape index (κ2) is 5.88. The molecule has 5 nitrogen and oxygen atoms in total. The molecule has 4 aliphatic rings. The highest BCUT2D eigenvalue weighted by Crippen LogP contribution is 2.60. The van der Waals surface area contributed by atoms with E-state index in [-0.39, 0.29) is 17.1 Å². The van der Waals surface area contributed by atoms with Crippen molar-refractivity contribution in [3.63, 3.8) is 0 Å². The molecule has 1 atom stereocenters. The lowest BCUT2D eigenvalue weighted by Gasteiger charge is -2.56. The molecule has 4 saturated carbocycles. The molecule has 128 valence electrons. The SMILES string of the molecule is NC(NC(=O)C=Cc1ccc[nH]1)C(=O)C12CC3CC(CC(C3)C1)C2. The largest absolute Gasteiger partial charge is 0.362 e. The van der Waals surface area contributed by atoms with Crippen molar-refractivity contribution < 1.29 is 9.59 Å². The van der Waals surface area contributed by atoms with Crippen LogP contribution in [0, 0.1) is 23.2 Å². The smallest absolute Gasteiger partial charge is 0.245 e. The highest BCUT2D eigenvalue weighted by atomic mass is 16.2. The van der Waals surface area contributed by atoms with Gasteiger partial charge in [0.15, 0.2) is 5.78 Å². The van der Waals surface area contributed by atoms with Crippen LogP contribution in [0.1, 0.15) is 44.2 Å². The van der Waals surface area contributed by atoms with Gasteiger partial charge in [-0.1, -0.05) is 0 Å². The first-order valence-electron chi connectivity index (χ1n) is 8.96. The molecule has 4 fully saturated rings. The zero-order valence-electron chi connectivity index (χ0n) is 13.8. The summed E-state index contributed by atoms with van der Waals surface area (Å²) in [7, 11) is 0. The van der Waals surface area contributed by atoms with Crippen molar-refractivity contribution >= 4 is 17.8 Å². The number of carbonyl (C=O) groups excluding carboxylic acids is 2. The van der Waals surface area contributed by atoms with E-state index in [2.05, 4.69) is 10.3 Å². The number of aromatic nitrogens is 1. The van der Waals surface area contributed by atoms with Crippen LogP contribution >= 0.6 is 0 Å². The van der Waals surface area contributed by atoms with Gasteiger partial charge < -0.3 is 16.0 Å². The fourth-order valence-corrected chi connectivity index (χ4v) is 5.62. The average molecular weight is 327 g/mol. The summed E-state index contributed by atoms with van der Waals surface area (Å²) in [6.07, 6.45) is 10.8. The van der Waals surface area contributed by atoms with Gasteiger partial charge in [-0.05, 0) is 74.5 Å². The van der Waals surface area contributed by atoms with Crippen LogP contribution in [0.4, 0.5) is 0 Å². The number of Topliss-reactive ketones (excluding diaryl/α,β-unsaturated/α-hetero) is 1. The quantitative estimate of drug-likeness (QED) is 0.572. The number of nitrogens with two attached hydrogens (primary N) is 1. The number of ketones is 1. The number of amides is 1. The normalized spacial score (nSPS) is 35.3. The van der Waals surface area contributed by atoms with Gasteiger partial charge in [0.05, 0.1) is 0 Å². The number of hydrogen-bond donors (Lipinski definition) is 3. The summed E-state index contributed by atoms with van der Waals surface area (Å²) in [5.74, 6) is 1.79. The number of rotatable bonds is 5. The standard InChI is InChI=1S/C19H25N3O2/c20-18(22-16(23)4-3-15-2-1-5-21-15)17(24)19-9-12-6-13(10-19)8-14(7-12)11-19/h1-5,12-14,18,21H,6-11,20H2,(H,22,23). The maximum absolute atomic E-state index is 13.0. The predicted molar refractivity (Wildman–Crippen MR) is 91.6 cm³/mol. The molecule has 0 aliphatic heterocycles. The summed E-state index contributed by atoms with van der Waals surface area (Å²) in [4.78, 5) is 28.0. The maximum atomic E-state index is 13.0. The van der Waals surface area contributed by atoms with E-state index in [0.717, 1.165) is 25.0 Å². The van der Waals surface area contributed by atoms with Gasteiger partial charge in [-0.25, -0.2) is 0 Å². The van der Waals surface area contributed by atoms with Crippen molar-refractivity contribution in [2.45, 2.75) is 44.7 Å². The van der Waals surface area contributed by atoms with Crippen LogP contribution in [-0.2, 0) is 9.59 Å². The number of H-pyrrole nitrogens is 1. The summed E-state index contributed by atoms with van der Waals surface area (Å²) in [5.41, 5.74) is 6.63. The second-order valence-electron chi connectivity index (χ2n) is 8.01. The third kappa shape index (κ3) is 2.81. The van der Waals surface area contributed by atoms with Crippen LogP contribution in [0.25, 0.3) is 6.08 Å². The molecule has 0 spiro atoms. The Kier molecular flexibility index (Phi) is 3.83. The topological polar surface area (TPSA) is 88.0 Å². The Balaban J connectivity index is 1.40. The van der Waals surface area contributed by atoms with E-state index in [4.69, 9.17) is 5.73 Å². The first-order valence-corrected chi connectivity index (χ1v) is 8.96. The molecule has 1 amide bonds. The zero-order valence-corrected chi connectivity index (χ0v) is 13.8. The molecule has 1 heterocycles. The zero-order chi connectivity index (χ0) is 16.7. The highest BCUT2D eigenvalue weighted by Gasteiger charge is 2.55. The Hall–Kier alpha value is -1.88. The molecule has 1 aromatic rings. The van der Waals surface area contributed by atoms with Gasteiger partial charge in [0.25, 0.3) is 0 Å². The van der Waals surface area contributed by atoms with E-state index < -0.39 is 6.17 Å². The molecule has 1 aromatic heterocycles. The summed E-state index contributed by atoms with van der Waals surface area (Å²) in [6, 6.07) is 3.73. The number of carbonyl (C=O) groups is 2. The van der Waals surface area contributed by atoms with E-state index in [0.29, 0.717) is 17.8 Å².